The van der Waals surface area contributed by atoms with Gasteiger partial charge in [-0.25, -0.2) is 0 Å². The van der Waals surface area contributed by atoms with E-state index in [1.54, 1.807) is 4.90 Å². The summed E-state index contributed by atoms with van der Waals surface area (Å²) in [6.45, 7) is 4.49. The Balaban J connectivity index is 1.70. The number of carbonyl (C=O) groups excluding carboxylic acids is 2. The standard InChI is InChI=1S/C19H19BrN2O2/c1-12-3-8-17(9-13(12)2)22-11-14(10-18(22)23)19(24)21-16-6-4-15(20)5-7-16/h3-9,14H,10-11H2,1-2H3,(H,21,24). The summed E-state index contributed by atoms with van der Waals surface area (Å²) in [6, 6.07) is 13.4. The van der Waals surface area contributed by atoms with Crippen LogP contribution in [0.2, 0.25) is 0 Å². The summed E-state index contributed by atoms with van der Waals surface area (Å²) in [5.41, 5.74) is 3.93. The lowest BCUT2D eigenvalue weighted by Crippen LogP contribution is -2.28. The van der Waals surface area contributed by atoms with Gasteiger partial charge in [0.15, 0.2) is 0 Å². The van der Waals surface area contributed by atoms with Crippen molar-refractivity contribution in [3.05, 3.63) is 58.1 Å². The minimum absolute atomic E-state index is 0.00536. The molecule has 124 valence electrons. The second-order valence-electron chi connectivity index (χ2n) is 6.17. The molecule has 0 aromatic heterocycles. The molecule has 0 saturated carbocycles. The number of rotatable bonds is 3. The fraction of sp³-hybridized carbons (Fsp3) is 0.263. The van der Waals surface area contributed by atoms with Crippen LogP contribution in [0.25, 0.3) is 0 Å². The molecule has 1 unspecified atom stereocenters. The quantitative estimate of drug-likeness (QED) is 0.864. The highest BCUT2D eigenvalue weighted by Gasteiger charge is 2.35. The minimum atomic E-state index is -0.331. The number of benzene rings is 2. The van der Waals surface area contributed by atoms with Gasteiger partial charge in [-0.1, -0.05) is 22.0 Å². The Bertz CT molecular complexity index is 786. The highest BCUT2D eigenvalue weighted by molar-refractivity contribution is 9.10. The van der Waals surface area contributed by atoms with E-state index in [2.05, 4.69) is 21.2 Å². The molecule has 0 spiro atoms. The molecule has 0 aliphatic carbocycles. The molecular weight excluding hydrogens is 368 g/mol. The maximum atomic E-state index is 12.4. The average Bonchev–Trinajstić information content (AvgIpc) is 2.94. The first-order chi connectivity index (χ1) is 11.4. The summed E-state index contributed by atoms with van der Waals surface area (Å²) in [4.78, 5) is 26.5. The molecule has 1 aliphatic heterocycles. The van der Waals surface area contributed by atoms with Gasteiger partial charge < -0.3 is 10.2 Å². The summed E-state index contributed by atoms with van der Waals surface area (Å²) in [5.74, 6) is -0.450. The smallest absolute Gasteiger partial charge is 0.229 e. The topological polar surface area (TPSA) is 49.4 Å². The summed E-state index contributed by atoms with van der Waals surface area (Å²) in [6.07, 6.45) is 0.245. The van der Waals surface area contributed by atoms with Crippen LogP contribution in [0.1, 0.15) is 17.5 Å². The predicted octanol–water partition coefficient (Wildman–Crippen LogP) is 4.06. The number of nitrogens with one attached hydrogen (secondary N) is 1. The number of carbonyl (C=O) groups is 2. The molecule has 2 amide bonds. The average molecular weight is 387 g/mol. The van der Waals surface area contributed by atoms with Crippen LogP contribution in [-0.2, 0) is 9.59 Å². The molecule has 1 saturated heterocycles. The third-order valence-corrected chi connectivity index (χ3v) is 4.94. The number of nitrogens with zero attached hydrogens (tertiary/aromatic N) is 1. The van der Waals surface area contributed by atoms with E-state index in [0.29, 0.717) is 6.54 Å². The highest BCUT2D eigenvalue weighted by Crippen LogP contribution is 2.27. The van der Waals surface area contributed by atoms with Gasteiger partial charge in [-0.3, -0.25) is 9.59 Å². The van der Waals surface area contributed by atoms with E-state index in [1.807, 2.05) is 56.3 Å². The van der Waals surface area contributed by atoms with Crippen molar-refractivity contribution in [2.75, 3.05) is 16.8 Å². The van der Waals surface area contributed by atoms with Crippen molar-refractivity contribution in [1.29, 1.82) is 0 Å². The van der Waals surface area contributed by atoms with Gasteiger partial charge in [-0.05, 0) is 61.4 Å². The molecule has 2 aromatic rings. The predicted molar refractivity (Wildman–Crippen MR) is 99.1 cm³/mol. The maximum Gasteiger partial charge on any atom is 0.229 e. The zero-order valence-electron chi connectivity index (χ0n) is 13.7. The number of amides is 2. The van der Waals surface area contributed by atoms with E-state index < -0.39 is 0 Å². The van der Waals surface area contributed by atoms with Crippen LogP contribution < -0.4 is 10.2 Å². The summed E-state index contributed by atoms with van der Waals surface area (Å²) in [7, 11) is 0. The van der Waals surface area contributed by atoms with Gasteiger partial charge in [0.1, 0.15) is 0 Å². The monoisotopic (exact) mass is 386 g/mol. The molecule has 1 heterocycles. The lowest BCUT2D eigenvalue weighted by molar-refractivity contribution is -0.122. The fourth-order valence-electron chi connectivity index (χ4n) is 2.80. The first kappa shape index (κ1) is 16.7. The Morgan fingerprint density at radius 1 is 1.12 bits per heavy atom. The molecule has 1 aliphatic rings. The number of anilines is 2. The van der Waals surface area contributed by atoms with Crippen LogP contribution in [0.5, 0.6) is 0 Å². The molecular formula is C19H19BrN2O2. The van der Waals surface area contributed by atoms with Gasteiger partial charge in [0.05, 0.1) is 5.92 Å². The maximum absolute atomic E-state index is 12.4. The number of hydrogen-bond acceptors (Lipinski definition) is 2. The lowest BCUT2D eigenvalue weighted by atomic mass is 10.1. The van der Waals surface area contributed by atoms with Crippen LogP contribution in [-0.4, -0.2) is 18.4 Å². The second kappa shape index (κ2) is 6.77. The van der Waals surface area contributed by atoms with Crippen molar-refractivity contribution >= 4 is 39.1 Å². The van der Waals surface area contributed by atoms with Crippen molar-refractivity contribution in [3.8, 4) is 0 Å². The van der Waals surface area contributed by atoms with Gasteiger partial charge in [0, 0.05) is 28.8 Å². The Kier molecular flexibility index (Phi) is 4.71. The van der Waals surface area contributed by atoms with E-state index in [-0.39, 0.29) is 24.2 Å². The Labute approximate surface area is 150 Å². The van der Waals surface area contributed by atoms with Crippen molar-refractivity contribution in [1.82, 2.24) is 0 Å². The largest absolute Gasteiger partial charge is 0.326 e. The van der Waals surface area contributed by atoms with Crippen LogP contribution in [0.4, 0.5) is 11.4 Å². The molecule has 2 aromatic carbocycles. The first-order valence-corrected chi connectivity index (χ1v) is 8.67. The van der Waals surface area contributed by atoms with Crippen molar-refractivity contribution in [3.63, 3.8) is 0 Å². The summed E-state index contributed by atoms with van der Waals surface area (Å²) < 4.78 is 0.956. The van der Waals surface area contributed by atoms with Crippen LogP contribution in [0.3, 0.4) is 0 Å². The minimum Gasteiger partial charge on any atom is -0.326 e. The third kappa shape index (κ3) is 3.51. The second-order valence-corrected chi connectivity index (χ2v) is 7.09. The SMILES string of the molecule is Cc1ccc(N2CC(C(=O)Nc3ccc(Br)cc3)CC2=O)cc1C. The Hall–Kier alpha value is -2.14. The highest BCUT2D eigenvalue weighted by atomic mass is 79.9. The van der Waals surface area contributed by atoms with E-state index in [4.69, 9.17) is 0 Å². The molecule has 0 radical (unpaired) electrons. The zero-order valence-corrected chi connectivity index (χ0v) is 15.3. The van der Waals surface area contributed by atoms with Gasteiger partial charge in [0.2, 0.25) is 11.8 Å². The Morgan fingerprint density at radius 3 is 2.50 bits per heavy atom. The number of hydrogen-bond donors (Lipinski definition) is 1. The molecule has 4 nitrogen and oxygen atoms in total. The van der Waals surface area contributed by atoms with E-state index in [0.717, 1.165) is 21.4 Å². The van der Waals surface area contributed by atoms with Gasteiger partial charge >= 0.3 is 0 Å². The molecule has 1 fully saturated rings. The normalized spacial score (nSPS) is 17.2. The number of halogens is 1. The zero-order chi connectivity index (χ0) is 17.3. The number of aryl methyl sites for hydroxylation is 2. The van der Waals surface area contributed by atoms with Crippen LogP contribution in [0, 0.1) is 19.8 Å². The van der Waals surface area contributed by atoms with Gasteiger partial charge in [-0.2, -0.15) is 0 Å². The van der Waals surface area contributed by atoms with Crippen molar-refractivity contribution < 1.29 is 9.59 Å². The third-order valence-electron chi connectivity index (χ3n) is 4.41. The van der Waals surface area contributed by atoms with E-state index in [9.17, 15) is 9.59 Å². The van der Waals surface area contributed by atoms with Gasteiger partial charge in [0.25, 0.3) is 0 Å². The van der Waals surface area contributed by atoms with E-state index >= 15 is 0 Å². The van der Waals surface area contributed by atoms with Crippen molar-refractivity contribution in [2.45, 2.75) is 20.3 Å². The molecule has 5 heteroatoms. The first-order valence-electron chi connectivity index (χ1n) is 7.88. The molecule has 3 rings (SSSR count). The lowest BCUT2D eigenvalue weighted by Gasteiger charge is -2.18. The Morgan fingerprint density at radius 2 is 1.83 bits per heavy atom. The molecule has 1 atom stereocenters. The summed E-state index contributed by atoms with van der Waals surface area (Å²) in [5, 5.41) is 2.89. The summed E-state index contributed by atoms with van der Waals surface area (Å²) >= 11 is 3.37. The van der Waals surface area contributed by atoms with E-state index in [1.165, 1.54) is 5.56 Å². The van der Waals surface area contributed by atoms with Gasteiger partial charge in [-0.15, -0.1) is 0 Å². The fourth-order valence-corrected chi connectivity index (χ4v) is 3.07. The molecule has 0 bridgehead atoms. The van der Waals surface area contributed by atoms with Crippen LogP contribution >= 0.6 is 15.9 Å². The molecule has 1 N–H and O–H groups in total. The molecule has 24 heavy (non-hydrogen) atoms. The van der Waals surface area contributed by atoms with Crippen molar-refractivity contribution in [2.24, 2.45) is 5.92 Å². The van der Waals surface area contributed by atoms with Crippen LogP contribution in [0.15, 0.2) is 46.9 Å².